The van der Waals surface area contributed by atoms with E-state index in [0.717, 1.165) is 38.3 Å². The first kappa shape index (κ1) is 11.8. The van der Waals surface area contributed by atoms with Crippen molar-refractivity contribution in [2.24, 2.45) is 5.92 Å². The Balaban J connectivity index is 1.77. The Morgan fingerprint density at radius 1 is 1.33 bits per heavy atom. The summed E-state index contributed by atoms with van der Waals surface area (Å²) in [5.74, 6) is 1.85. The van der Waals surface area contributed by atoms with Crippen LogP contribution in [-0.4, -0.2) is 33.4 Å². The highest BCUT2D eigenvalue weighted by Crippen LogP contribution is 2.19. The highest BCUT2D eigenvalue weighted by Gasteiger charge is 2.25. The largest absolute Gasteiger partial charge is 0.337 e. The van der Waals surface area contributed by atoms with Gasteiger partial charge in [0, 0.05) is 32.3 Å². The molecule has 0 bridgehead atoms. The molecule has 1 amide bonds. The Hall–Kier alpha value is -1.32. The molecular weight excluding hydrogens is 226 g/mol. The van der Waals surface area contributed by atoms with Gasteiger partial charge in [0.1, 0.15) is 11.5 Å². The van der Waals surface area contributed by atoms with Crippen LogP contribution < -0.4 is 0 Å². The molecule has 0 aromatic carbocycles. The molecule has 0 unspecified atom stereocenters. The predicted octanol–water partition coefficient (Wildman–Crippen LogP) is 2.09. The van der Waals surface area contributed by atoms with E-state index < -0.39 is 0 Å². The number of aryl methyl sites for hydroxylation is 2. The van der Waals surface area contributed by atoms with Crippen LogP contribution in [0.25, 0.3) is 0 Å². The van der Waals surface area contributed by atoms with Gasteiger partial charge in [-0.1, -0.05) is 6.92 Å². The van der Waals surface area contributed by atoms with E-state index >= 15 is 0 Å². The fraction of sp³-hybridized carbons (Fsp3) is 0.714. The molecule has 4 heteroatoms. The van der Waals surface area contributed by atoms with E-state index in [4.69, 9.17) is 0 Å². The summed E-state index contributed by atoms with van der Waals surface area (Å²) in [6, 6.07) is 0. The highest BCUT2D eigenvalue weighted by molar-refractivity contribution is 5.92. The molecule has 1 saturated heterocycles. The summed E-state index contributed by atoms with van der Waals surface area (Å²) in [6.07, 6.45) is 7.74. The van der Waals surface area contributed by atoms with Crippen LogP contribution in [0.3, 0.4) is 0 Å². The molecule has 0 saturated carbocycles. The minimum Gasteiger partial charge on any atom is -0.337 e. The molecule has 2 aliphatic rings. The minimum absolute atomic E-state index is 0.128. The van der Waals surface area contributed by atoms with Crippen LogP contribution in [-0.2, 0) is 13.0 Å². The van der Waals surface area contributed by atoms with Crippen molar-refractivity contribution in [1.82, 2.24) is 14.5 Å². The lowest BCUT2D eigenvalue weighted by Gasteiger charge is -2.30. The molecule has 0 spiro atoms. The molecule has 2 aliphatic heterocycles. The van der Waals surface area contributed by atoms with E-state index in [9.17, 15) is 4.79 Å². The van der Waals surface area contributed by atoms with Gasteiger partial charge in [0.2, 0.25) is 0 Å². The van der Waals surface area contributed by atoms with Gasteiger partial charge in [-0.2, -0.15) is 0 Å². The molecule has 3 heterocycles. The highest BCUT2D eigenvalue weighted by atomic mass is 16.2. The Labute approximate surface area is 108 Å². The third-order valence-electron chi connectivity index (χ3n) is 4.07. The van der Waals surface area contributed by atoms with Crippen LogP contribution in [0.1, 0.15) is 48.9 Å². The van der Waals surface area contributed by atoms with Gasteiger partial charge in [-0.05, 0) is 31.6 Å². The number of imidazole rings is 1. The SMILES string of the molecule is C[C@@H]1CCCN(C(=O)c2cn3c(n2)CCCC3)C1. The van der Waals surface area contributed by atoms with Crippen molar-refractivity contribution in [2.75, 3.05) is 13.1 Å². The summed E-state index contributed by atoms with van der Waals surface area (Å²) in [6.45, 7) is 5.02. The topological polar surface area (TPSA) is 38.1 Å². The number of aromatic nitrogens is 2. The third kappa shape index (κ3) is 2.16. The van der Waals surface area contributed by atoms with E-state index in [1.807, 2.05) is 11.1 Å². The Kier molecular flexibility index (Phi) is 3.10. The van der Waals surface area contributed by atoms with Crippen LogP contribution >= 0.6 is 0 Å². The van der Waals surface area contributed by atoms with Gasteiger partial charge >= 0.3 is 0 Å². The molecule has 4 nitrogen and oxygen atoms in total. The molecule has 1 aromatic rings. The summed E-state index contributed by atoms with van der Waals surface area (Å²) in [5.41, 5.74) is 0.654. The van der Waals surface area contributed by atoms with Crippen molar-refractivity contribution in [2.45, 2.75) is 45.6 Å². The molecule has 1 aromatic heterocycles. The monoisotopic (exact) mass is 247 g/mol. The summed E-state index contributed by atoms with van der Waals surface area (Å²) in [4.78, 5) is 18.9. The number of carbonyl (C=O) groups excluding carboxylic acids is 1. The van der Waals surface area contributed by atoms with Gasteiger partial charge < -0.3 is 9.47 Å². The molecule has 0 radical (unpaired) electrons. The number of nitrogens with zero attached hydrogens (tertiary/aromatic N) is 3. The Morgan fingerprint density at radius 2 is 2.22 bits per heavy atom. The zero-order chi connectivity index (χ0) is 12.5. The van der Waals surface area contributed by atoms with Gasteiger partial charge in [0.15, 0.2) is 0 Å². The maximum absolute atomic E-state index is 12.4. The van der Waals surface area contributed by atoms with Crippen LogP contribution in [0.4, 0.5) is 0 Å². The van der Waals surface area contributed by atoms with E-state index in [0.29, 0.717) is 11.6 Å². The average Bonchev–Trinajstić information content (AvgIpc) is 2.81. The molecular formula is C14H21N3O. The number of carbonyl (C=O) groups is 1. The summed E-state index contributed by atoms with van der Waals surface area (Å²) >= 11 is 0. The van der Waals surface area contributed by atoms with Crippen LogP contribution in [0, 0.1) is 5.92 Å². The van der Waals surface area contributed by atoms with E-state index in [2.05, 4.69) is 16.5 Å². The van der Waals surface area contributed by atoms with Crippen molar-refractivity contribution in [3.8, 4) is 0 Å². The molecule has 1 atom stereocenters. The lowest BCUT2D eigenvalue weighted by molar-refractivity contribution is 0.0677. The first-order valence-corrected chi connectivity index (χ1v) is 7.09. The fourth-order valence-corrected chi connectivity index (χ4v) is 3.05. The van der Waals surface area contributed by atoms with E-state index in [1.165, 1.54) is 19.3 Å². The van der Waals surface area contributed by atoms with E-state index in [1.54, 1.807) is 0 Å². The normalized spacial score (nSPS) is 23.8. The van der Waals surface area contributed by atoms with Crippen molar-refractivity contribution in [1.29, 1.82) is 0 Å². The van der Waals surface area contributed by atoms with Gasteiger partial charge in [-0.3, -0.25) is 4.79 Å². The molecule has 0 aliphatic carbocycles. The molecule has 18 heavy (non-hydrogen) atoms. The number of hydrogen-bond acceptors (Lipinski definition) is 2. The Bertz CT molecular complexity index is 428. The number of amides is 1. The lowest BCUT2D eigenvalue weighted by atomic mass is 10.0. The molecule has 1 fully saturated rings. The Morgan fingerprint density at radius 3 is 3.00 bits per heavy atom. The lowest BCUT2D eigenvalue weighted by Crippen LogP contribution is -2.39. The second-order valence-electron chi connectivity index (χ2n) is 5.69. The van der Waals surface area contributed by atoms with Gasteiger partial charge in [-0.25, -0.2) is 4.98 Å². The van der Waals surface area contributed by atoms with Gasteiger partial charge in [-0.15, -0.1) is 0 Å². The number of rotatable bonds is 1. The first-order valence-electron chi connectivity index (χ1n) is 7.09. The standard InChI is InChI=1S/C14H21N3O/c1-11-5-4-8-17(9-11)14(18)12-10-16-7-3-2-6-13(16)15-12/h10-11H,2-9H2,1H3/t11-/m1/s1. The zero-order valence-electron chi connectivity index (χ0n) is 11.1. The average molecular weight is 247 g/mol. The van der Waals surface area contributed by atoms with Crippen molar-refractivity contribution >= 4 is 5.91 Å². The third-order valence-corrected chi connectivity index (χ3v) is 4.07. The van der Waals surface area contributed by atoms with Crippen LogP contribution in [0.5, 0.6) is 0 Å². The maximum Gasteiger partial charge on any atom is 0.274 e. The van der Waals surface area contributed by atoms with Gasteiger partial charge in [0.05, 0.1) is 0 Å². The molecule has 0 N–H and O–H groups in total. The summed E-state index contributed by atoms with van der Waals surface area (Å²) < 4.78 is 2.16. The zero-order valence-corrected chi connectivity index (χ0v) is 11.1. The number of likely N-dealkylation sites (tertiary alicyclic amines) is 1. The molecule has 98 valence electrons. The maximum atomic E-state index is 12.4. The number of fused-ring (bicyclic) bond motifs is 1. The minimum atomic E-state index is 0.128. The van der Waals surface area contributed by atoms with Gasteiger partial charge in [0.25, 0.3) is 5.91 Å². The number of piperidine rings is 1. The second kappa shape index (κ2) is 4.75. The van der Waals surface area contributed by atoms with Crippen LogP contribution in [0.2, 0.25) is 0 Å². The second-order valence-corrected chi connectivity index (χ2v) is 5.69. The molecule has 3 rings (SSSR count). The summed E-state index contributed by atoms with van der Waals surface area (Å²) in [7, 11) is 0. The van der Waals surface area contributed by atoms with Crippen LogP contribution in [0.15, 0.2) is 6.20 Å². The van der Waals surface area contributed by atoms with Crippen molar-refractivity contribution < 1.29 is 4.79 Å². The summed E-state index contributed by atoms with van der Waals surface area (Å²) in [5, 5.41) is 0. The van der Waals surface area contributed by atoms with E-state index in [-0.39, 0.29) is 5.91 Å². The van der Waals surface area contributed by atoms with Crippen molar-refractivity contribution in [3.63, 3.8) is 0 Å². The smallest absolute Gasteiger partial charge is 0.274 e. The first-order chi connectivity index (χ1) is 8.74. The fourth-order valence-electron chi connectivity index (χ4n) is 3.05. The number of hydrogen-bond donors (Lipinski definition) is 0. The quantitative estimate of drug-likeness (QED) is 0.762. The predicted molar refractivity (Wildman–Crippen MR) is 69.5 cm³/mol. The van der Waals surface area contributed by atoms with Crippen molar-refractivity contribution in [3.05, 3.63) is 17.7 Å².